The summed E-state index contributed by atoms with van der Waals surface area (Å²) in [6.45, 7) is 0.267. The number of hydrogen-bond acceptors (Lipinski definition) is 4. The zero-order valence-corrected chi connectivity index (χ0v) is 12.0. The molecule has 1 aromatic carbocycles. The van der Waals surface area contributed by atoms with Crippen LogP contribution in [0.4, 0.5) is 5.69 Å². The first-order valence-corrected chi connectivity index (χ1v) is 7.59. The molecule has 1 atom stereocenters. The lowest BCUT2D eigenvalue weighted by atomic mass is 10.0. The van der Waals surface area contributed by atoms with Gasteiger partial charge in [0.25, 0.3) is 5.91 Å². The Labute approximate surface area is 124 Å². The maximum absolute atomic E-state index is 11.4. The van der Waals surface area contributed by atoms with Gasteiger partial charge in [-0.25, -0.2) is 0 Å². The molecule has 0 aromatic heterocycles. The van der Waals surface area contributed by atoms with E-state index in [2.05, 4.69) is 5.32 Å². The maximum atomic E-state index is 11.4. The van der Waals surface area contributed by atoms with E-state index >= 15 is 0 Å². The minimum absolute atomic E-state index is 0.0285. The minimum atomic E-state index is -0.468. The van der Waals surface area contributed by atoms with Gasteiger partial charge in [-0.3, -0.25) is 4.79 Å². The predicted molar refractivity (Wildman–Crippen MR) is 78.6 cm³/mol. The van der Waals surface area contributed by atoms with Gasteiger partial charge in [0.1, 0.15) is 23.8 Å². The van der Waals surface area contributed by atoms with Crippen molar-refractivity contribution < 1.29 is 19.4 Å². The van der Waals surface area contributed by atoms with Crippen molar-refractivity contribution in [3.05, 3.63) is 18.2 Å². The average molecular weight is 291 g/mol. The number of ether oxygens (including phenoxy) is 2. The molecular weight excluding hydrogens is 270 g/mol. The number of amides is 1. The van der Waals surface area contributed by atoms with Crippen molar-refractivity contribution in [2.75, 3.05) is 18.5 Å². The number of rotatable bonds is 5. The highest BCUT2D eigenvalue weighted by atomic mass is 16.5. The molecule has 1 aromatic rings. The Morgan fingerprint density at radius 2 is 2.19 bits per heavy atom. The van der Waals surface area contributed by atoms with Crippen LogP contribution in [0.25, 0.3) is 0 Å². The fourth-order valence-electron chi connectivity index (χ4n) is 3.08. The number of carbonyl (C=O) groups excluding carboxylic acids is 1. The highest BCUT2D eigenvalue weighted by Crippen LogP contribution is 2.36. The minimum Gasteiger partial charge on any atom is -0.489 e. The largest absolute Gasteiger partial charge is 0.489 e. The molecule has 0 radical (unpaired) electrons. The number of hydrogen-bond donors (Lipinski definition) is 2. The van der Waals surface area contributed by atoms with Gasteiger partial charge in [0.05, 0.1) is 6.10 Å². The molecule has 1 amide bonds. The second kappa shape index (κ2) is 6.35. The Bertz CT molecular complexity index is 511. The molecule has 21 heavy (non-hydrogen) atoms. The second-order valence-electron chi connectivity index (χ2n) is 5.82. The quantitative estimate of drug-likeness (QED) is 0.873. The van der Waals surface area contributed by atoms with Crippen LogP contribution in [0.3, 0.4) is 0 Å². The lowest BCUT2D eigenvalue weighted by Gasteiger charge is -2.22. The van der Waals surface area contributed by atoms with Crippen LogP contribution >= 0.6 is 0 Å². The molecular formula is C16H21NO4. The van der Waals surface area contributed by atoms with E-state index in [0.29, 0.717) is 23.1 Å². The van der Waals surface area contributed by atoms with Crippen LogP contribution in [0.15, 0.2) is 18.2 Å². The van der Waals surface area contributed by atoms with Crippen LogP contribution in [0.2, 0.25) is 0 Å². The third-order valence-electron chi connectivity index (χ3n) is 4.12. The summed E-state index contributed by atoms with van der Waals surface area (Å²) in [5.41, 5.74) is 0.557. The van der Waals surface area contributed by atoms with E-state index in [4.69, 9.17) is 9.47 Å². The number of aliphatic hydroxyl groups is 1. The molecule has 1 aliphatic heterocycles. The molecule has 1 saturated carbocycles. The second-order valence-corrected chi connectivity index (χ2v) is 5.82. The molecule has 0 bridgehead atoms. The van der Waals surface area contributed by atoms with Crippen molar-refractivity contribution >= 4 is 11.6 Å². The van der Waals surface area contributed by atoms with E-state index in [0.717, 1.165) is 6.42 Å². The van der Waals surface area contributed by atoms with Crippen molar-refractivity contribution in [1.29, 1.82) is 0 Å². The third-order valence-corrected chi connectivity index (χ3v) is 4.12. The summed E-state index contributed by atoms with van der Waals surface area (Å²) in [4.78, 5) is 11.4. The smallest absolute Gasteiger partial charge is 0.262 e. The first kappa shape index (κ1) is 14.2. The van der Waals surface area contributed by atoms with Gasteiger partial charge in [0, 0.05) is 0 Å². The highest BCUT2D eigenvalue weighted by molar-refractivity contribution is 5.97. The van der Waals surface area contributed by atoms with Gasteiger partial charge < -0.3 is 19.9 Å². The first-order valence-electron chi connectivity index (χ1n) is 7.59. The van der Waals surface area contributed by atoms with E-state index in [-0.39, 0.29) is 19.1 Å². The Hall–Kier alpha value is -1.75. The third kappa shape index (κ3) is 3.47. The summed E-state index contributed by atoms with van der Waals surface area (Å²) in [7, 11) is 0. The monoisotopic (exact) mass is 291 g/mol. The summed E-state index contributed by atoms with van der Waals surface area (Å²) in [5.74, 6) is 1.59. The number of anilines is 1. The summed E-state index contributed by atoms with van der Waals surface area (Å²) < 4.78 is 11.0. The molecule has 1 fully saturated rings. The zero-order chi connectivity index (χ0) is 14.7. The van der Waals surface area contributed by atoms with Crippen molar-refractivity contribution in [2.45, 2.75) is 38.2 Å². The van der Waals surface area contributed by atoms with Crippen molar-refractivity contribution in [3.63, 3.8) is 0 Å². The van der Waals surface area contributed by atoms with Crippen molar-refractivity contribution in [1.82, 2.24) is 0 Å². The van der Waals surface area contributed by atoms with Gasteiger partial charge in [-0.05, 0) is 24.5 Å². The van der Waals surface area contributed by atoms with Gasteiger partial charge >= 0.3 is 0 Å². The fraction of sp³-hybridized carbons (Fsp3) is 0.562. The van der Waals surface area contributed by atoms with Crippen LogP contribution in [0.1, 0.15) is 32.1 Å². The predicted octanol–water partition coefficient (Wildman–Crippen LogP) is 2.34. The molecule has 1 heterocycles. The van der Waals surface area contributed by atoms with E-state index in [1.54, 1.807) is 12.1 Å². The normalized spacial score (nSPS) is 19.6. The lowest BCUT2D eigenvalue weighted by Crippen LogP contribution is -2.26. The molecule has 0 saturated heterocycles. The van der Waals surface area contributed by atoms with Crippen molar-refractivity contribution in [2.24, 2.45) is 5.92 Å². The summed E-state index contributed by atoms with van der Waals surface area (Å²) in [6.07, 6.45) is 5.28. The van der Waals surface area contributed by atoms with Gasteiger partial charge in [-0.15, -0.1) is 0 Å². The van der Waals surface area contributed by atoms with Gasteiger partial charge in [0.15, 0.2) is 6.61 Å². The SMILES string of the molecule is O=C1COc2cccc(OC[C@@H](O)CC3CCCC3)c2N1. The van der Waals surface area contributed by atoms with Crippen LogP contribution in [-0.2, 0) is 4.79 Å². The lowest BCUT2D eigenvalue weighted by molar-refractivity contribution is -0.118. The number of carbonyl (C=O) groups is 1. The molecule has 5 heteroatoms. The van der Waals surface area contributed by atoms with Gasteiger partial charge in [0.2, 0.25) is 0 Å². The molecule has 114 valence electrons. The van der Waals surface area contributed by atoms with E-state index in [1.165, 1.54) is 25.7 Å². The Kier molecular flexibility index (Phi) is 4.29. The number of fused-ring (bicyclic) bond motifs is 1. The zero-order valence-electron chi connectivity index (χ0n) is 12.0. The summed E-state index contributed by atoms with van der Waals surface area (Å²) in [6, 6.07) is 5.38. The molecule has 1 aliphatic carbocycles. The Morgan fingerprint density at radius 1 is 1.38 bits per heavy atom. The molecule has 5 nitrogen and oxygen atoms in total. The molecule has 2 N–H and O–H groups in total. The number of benzene rings is 1. The fourth-order valence-corrected chi connectivity index (χ4v) is 3.08. The highest BCUT2D eigenvalue weighted by Gasteiger charge is 2.22. The van der Waals surface area contributed by atoms with E-state index in [9.17, 15) is 9.90 Å². The van der Waals surface area contributed by atoms with E-state index in [1.807, 2.05) is 6.07 Å². The molecule has 0 spiro atoms. The topological polar surface area (TPSA) is 67.8 Å². The van der Waals surface area contributed by atoms with Gasteiger partial charge in [-0.2, -0.15) is 0 Å². The molecule has 3 rings (SSSR count). The van der Waals surface area contributed by atoms with Crippen LogP contribution in [-0.4, -0.2) is 30.3 Å². The molecule has 0 unspecified atom stereocenters. The standard InChI is InChI=1S/C16H21NO4/c18-12(8-11-4-1-2-5-11)9-20-13-6-3-7-14-16(13)17-15(19)10-21-14/h3,6-7,11-12,18H,1-2,4-5,8-10H2,(H,17,19)/t12-/m0/s1. The van der Waals surface area contributed by atoms with E-state index < -0.39 is 6.10 Å². The number of aliphatic hydroxyl groups excluding tert-OH is 1. The van der Waals surface area contributed by atoms with Gasteiger partial charge in [-0.1, -0.05) is 31.7 Å². The number of para-hydroxylation sites is 1. The summed E-state index contributed by atoms with van der Waals surface area (Å²) >= 11 is 0. The Balaban J connectivity index is 1.58. The van der Waals surface area contributed by atoms with Crippen LogP contribution < -0.4 is 14.8 Å². The van der Waals surface area contributed by atoms with Crippen LogP contribution in [0.5, 0.6) is 11.5 Å². The number of nitrogens with one attached hydrogen (secondary N) is 1. The Morgan fingerprint density at radius 3 is 3.00 bits per heavy atom. The first-order chi connectivity index (χ1) is 10.2. The average Bonchev–Trinajstić information content (AvgIpc) is 2.98. The van der Waals surface area contributed by atoms with Crippen LogP contribution in [0, 0.1) is 5.92 Å². The van der Waals surface area contributed by atoms with Crippen molar-refractivity contribution in [3.8, 4) is 11.5 Å². The molecule has 2 aliphatic rings. The maximum Gasteiger partial charge on any atom is 0.262 e. The summed E-state index contributed by atoms with van der Waals surface area (Å²) in [5, 5.41) is 12.8.